The molecule has 0 saturated carbocycles. The van der Waals surface area contributed by atoms with Crippen molar-refractivity contribution in [2.45, 2.75) is 18.9 Å². The third kappa shape index (κ3) is 3.07. The van der Waals surface area contributed by atoms with Gasteiger partial charge in [-0.05, 0) is 18.1 Å². The number of fused-ring (bicyclic) bond motifs is 1. The number of rotatable bonds is 3. The van der Waals surface area contributed by atoms with Gasteiger partial charge >= 0.3 is 0 Å². The van der Waals surface area contributed by atoms with E-state index in [1.54, 1.807) is 0 Å². The third-order valence-corrected chi connectivity index (χ3v) is 5.20. The Balaban J connectivity index is 1.49. The number of nitrogens with one attached hydrogen (secondary N) is 1. The van der Waals surface area contributed by atoms with Gasteiger partial charge in [-0.1, -0.05) is 30.0 Å². The number of benzene rings is 1. The first-order chi connectivity index (χ1) is 9.72. The van der Waals surface area contributed by atoms with Crippen LogP contribution < -0.4 is 5.32 Å². The molecule has 2 heterocycles. The van der Waals surface area contributed by atoms with Gasteiger partial charge in [0.25, 0.3) is 0 Å². The molecule has 1 aromatic carbocycles. The standard InChI is InChI=1S/C14H14N2O2S2/c17-12(15-11-5-6-19-14(11)18)8-20-13-7-9-3-1-2-4-10(9)16-13/h1-4,11H,5-8H2,(H,15,17). The molecule has 0 spiro atoms. The molecule has 1 N–H and O–H groups in total. The maximum atomic E-state index is 11.8. The molecule has 104 valence electrons. The van der Waals surface area contributed by atoms with Gasteiger partial charge in [0.2, 0.25) is 11.0 Å². The highest BCUT2D eigenvalue weighted by Gasteiger charge is 2.26. The van der Waals surface area contributed by atoms with Crippen LogP contribution in [-0.2, 0) is 16.0 Å². The summed E-state index contributed by atoms with van der Waals surface area (Å²) in [5.74, 6) is 1.04. The Morgan fingerprint density at radius 1 is 1.45 bits per heavy atom. The normalized spacial score (nSPS) is 20.7. The second kappa shape index (κ2) is 6.01. The van der Waals surface area contributed by atoms with Crippen LogP contribution in [0, 0.1) is 0 Å². The first-order valence-corrected chi connectivity index (χ1v) is 8.44. The predicted octanol–water partition coefficient (Wildman–Crippen LogP) is 2.15. The Morgan fingerprint density at radius 3 is 3.05 bits per heavy atom. The molecule has 0 bridgehead atoms. The average Bonchev–Trinajstić information content (AvgIpc) is 3.03. The molecule has 0 aromatic heterocycles. The van der Waals surface area contributed by atoms with Crippen LogP contribution in [-0.4, -0.2) is 33.6 Å². The van der Waals surface area contributed by atoms with E-state index in [2.05, 4.69) is 16.4 Å². The van der Waals surface area contributed by atoms with Gasteiger partial charge in [0.05, 0.1) is 22.5 Å². The number of amides is 1. The van der Waals surface area contributed by atoms with Crippen LogP contribution in [0.3, 0.4) is 0 Å². The van der Waals surface area contributed by atoms with Crippen LogP contribution in [0.25, 0.3) is 0 Å². The lowest BCUT2D eigenvalue weighted by molar-refractivity contribution is -0.122. The van der Waals surface area contributed by atoms with E-state index in [0.717, 1.165) is 29.3 Å². The summed E-state index contributed by atoms with van der Waals surface area (Å²) in [6, 6.07) is 7.71. The van der Waals surface area contributed by atoms with Crippen molar-refractivity contribution >= 4 is 45.3 Å². The van der Waals surface area contributed by atoms with Crippen molar-refractivity contribution in [1.29, 1.82) is 0 Å². The van der Waals surface area contributed by atoms with Gasteiger partial charge in [0.15, 0.2) is 0 Å². The molecule has 0 radical (unpaired) electrons. The van der Waals surface area contributed by atoms with E-state index in [-0.39, 0.29) is 17.1 Å². The van der Waals surface area contributed by atoms with Crippen LogP contribution in [0.15, 0.2) is 29.3 Å². The van der Waals surface area contributed by atoms with Gasteiger partial charge in [-0.25, -0.2) is 4.99 Å². The van der Waals surface area contributed by atoms with Gasteiger partial charge in [-0.15, -0.1) is 11.8 Å². The molecule has 3 rings (SSSR count). The Kier molecular flexibility index (Phi) is 4.12. The van der Waals surface area contributed by atoms with Crippen molar-refractivity contribution in [3.8, 4) is 0 Å². The minimum atomic E-state index is -0.296. The lowest BCUT2D eigenvalue weighted by atomic mass is 10.2. The van der Waals surface area contributed by atoms with E-state index >= 15 is 0 Å². The zero-order chi connectivity index (χ0) is 13.9. The number of nitrogens with zero attached hydrogens (tertiary/aromatic N) is 1. The zero-order valence-electron chi connectivity index (χ0n) is 10.8. The third-order valence-electron chi connectivity index (χ3n) is 3.22. The summed E-state index contributed by atoms with van der Waals surface area (Å²) in [6.45, 7) is 0. The average molecular weight is 306 g/mol. The van der Waals surface area contributed by atoms with Crippen LogP contribution >= 0.6 is 23.5 Å². The van der Waals surface area contributed by atoms with Crippen molar-refractivity contribution in [1.82, 2.24) is 5.32 Å². The highest BCUT2D eigenvalue weighted by molar-refractivity contribution is 8.14. The van der Waals surface area contributed by atoms with Crippen LogP contribution in [0.5, 0.6) is 0 Å². The highest BCUT2D eigenvalue weighted by Crippen LogP contribution is 2.29. The quantitative estimate of drug-likeness (QED) is 0.929. The number of hydrogen-bond acceptors (Lipinski definition) is 5. The molecular formula is C14H14N2O2S2. The van der Waals surface area contributed by atoms with E-state index < -0.39 is 0 Å². The monoisotopic (exact) mass is 306 g/mol. The van der Waals surface area contributed by atoms with Gasteiger partial charge in [-0.2, -0.15) is 0 Å². The smallest absolute Gasteiger partial charge is 0.231 e. The van der Waals surface area contributed by atoms with Crippen LogP contribution in [0.1, 0.15) is 12.0 Å². The van der Waals surface area contributed by atoms with Gasteiger partial charge < -0.3 is 5.32 Å². The van der Waals surface area contributed by atoms with Crippen molar-refractivity contribution in [3.05, 3.63) is 29.8 Å². The number of thioether (sulfide) groups is 2. The molecule has 1 unspecified atom stereocenters. The minimum absolute atomic E-state index is 0.0777. The fourth-order valence-electron chi connectivity index (χ4n) is 2.20. The predicted molar refractivity (Wildman–Crippen MR) is 83.7 cm³/mol. The first kappa shape index (κ1) is 13.7. The topological polar surface area (TPSA) is 58.5 Å². The van der Waals surface area contributed by atoms with Gasteiger partial charge in [0, 0.05) is 12.2 Å². The maximum absolute atomic E-state index is 11.8. The summed E-state index contributed by atoms with van der Waals surface area (Å²) in [7, 11) is 0. The SMILES string of the molecule is O=C(CSC1=Nc2ccccc2C1)NC1CCSC1=O. The Hall–Kier alpha value is -1.27. The summed E-state index contributed by atoms with van der Waals surface area (Å²) in [5, 5.41) is 3.83. The molecule has 4 nitrogen and oxygen atoms in total. The summed E-state index contributed by atoms with van der Waals surface area (Å²) in [4.78, 5) is 27.8. The molecule has 2 aliphatic heterocycles. The molecule has 1 aromatic rings. The lowest BCUT2D eigenvalue weighted by Gasteiger charge is -2.09. The molecular weight excluding hydrogens is 292 g/mol. The summed E-state index contributed by atoms with van der Waals surface area (Å²) in [6.07, 6.45) is 1.54. The fraction of sp³-hybridized carbons (Fsp3) is 0.357. The number of aliphatic imine (C=N–C) groups is 1. The van der Waals surface area contributed by atoms with Crippen molar-refractivity contribution in [2.75, 3.05) is 11.5 Å². The fourth-order valence-corrected chi connectivity index (χ4v) is 3.94. The molecule has 6 heteroatoms. The summed E-state index contributed by atoms with van der Waals surface area (Å²) >= 11 is 2.75. The molecule has 2 aliphatic rings. The van der Waals surface area contributed by atoms with E-state index in [4.69, 9.17) is 0 Å². The van der Waals surface area contributed by atoms with Gasteiger partial charge in [0.1, 0.15) is 0 Å². The van der Waals surface area contributed by atoms with Crippen molar-refractivity contribution in [2.24, 2.45) is 4.99 Å². The van der Waals surface area contributed by atoms with Crippen LogP contribution in [0.4, 0.5) is 5.69 Å². The second-order valence-electron chi connectivity index (χ2n) is 4.68. The Morgan fingerprint density at radius 2 is 2.30 bits per heavy atom. The number of carbonyl (C=O) groups is 2. The van der Waals surface area contributed by atoms with Crippen LogP contribution in [0.2, 0.25) is 0 Å². The van der Waals surface area contributed by atoms with Crippen molar-refractivity contribution < 1.29 is 9.59 Å². The van der Waals surface area contributed by atoms with E-state index in [0.29, 0.717) is 5.75 Å². The minimum Gasteiger partial charge on any atom is -0.345 e. The largest absolute Gasteiger partial charge is 0.345 e. The molecule has 1 atom stereocenters. The second-order valence-corrected chi connectivity index (χ2v) is 6.82. The summed E-state index contributed by atoms with van der Waals surface area (Å²) < 4.78 is 0. The number of para-hydroxylation sites is 1. The van der Waals surface area contributed by atoms with Crippen molar-refractivity contribution in [3.63, 3.8) is 0 Å². The first-order valence-electron chi connectivity index (χ1n) is 6.46. The summed E-state index contributed by atoms with van der Waals surface area (Å²) in [5.41, 5.74) is 2.20. The maximum Gasteiger partial charge on any atom is 0.231 e. The van der Waals surface area contributed by atoms with E-state index in [1.165, 1.54) is 29.1 Å². The molecule has 0 aliphatic carbocycles. The highest BCUT2D eigenvalue weighted by atomic mass is 32.2. The molecule has 20 heavy (non-hydrogen) atoms. The molecule has 1 saturated heterocycles. The lowest BCUT2D eigenvalue weighted by Crippen LogP contribution is -2.38. The number of carbonyl (C=O) groups excluding carboxylic acids is 2. The van der Waals surface area contributed by atoms with Gasteiger partial charge in [-0.3, -0.25) is 9.59 Å². The van der Waals surface area contributed by atoms with E-state index in [9.17, 15) is 9.59 Å². The number of hydrogen-bond donors (Lipinski definition) is 1. The zero-order valence-corrected chi connectivity index (χ0v) is 12.4. The Labute approximate surface area is 125 Å². The molecule has 1 amide bonds. The molecule has 1 fully saturated rings. The Bertz CT molecular complexity index is 586. The van der Waals surface area contributed by atoms with E-state index in [1.807, 2.05) is 18.2 Å².